The lowest BCUT2D eigenvalue weighted by molar-refractivity contribution is -0.137. The number of fused-ring (bicyclic) bond motifs is 1. The smallest absolute Gasteiger partial charge is 0.416 e. The number of halogens is 3. The van der Waals surface area contributed by atoms with Crippen LogP contribution < -0.4 is 9.47 Å². The zero-order valence-corrected chi connectivity index (χ0v) is 25.1. The van der Waals surface area contributed by atoms with Crippen molar-refractivity contribution >= 4 is 17.7 Å². The van der Waals surface area contributed by atoms with Crippen LogP contribution in [0.2, 0.25) is 0 Å². The lowest BCUT2D eigenvalue weighted by Gasteiger charge is -2.34. The van der Waals surface area contributed by atoms with E-state index in [4.69, 9.17) is 13.9 Å². The van der Waals surface area contributed by atoms with Crippen LogP contribution in [0, 0.1) is 0 Å². The van der Waals surface area contributed by atoms with E-state index in [1.54, 1.807) is 15.5 Å². The van der Waals surface area contributed by atoms with Gasteiger partial charge in [0, 0.05) is 38.3 Å². The van der Waals surface area contributed by atoms with Gasteiger partial charge in [-0.15, -0.1) is 10.2 Å². The van der Waals surface area contributed by atoms with Crippen LogP contribution in [0.3, 0.4) is 0 Å². The molecule has 1 fully saturated rings. The molecule has 0 N–H and O–H groups in total. The summed E-state index contributed by atoms with van der Waals surface area (Å²) in [5.74, 6) is 2.14. The Morgan fingerprint density at radius 2 is 1.70 bits per heavy atom. The quantitative estimate of drug-likeness (QED) is 0.190. The van der Waals surface area contributed by atoms with Gasteiger partial charge >= 0.3 is 6.18 Å². The predicted molar refractivity (Wildman–Crippen MR) is 162 cm³/mol. The number of amides is 1. The molecule has 236 valence electrons. The number of hydrogen-bond acceptors (Lipinski definition) is 9. The van der Waals surface area contributed by atoms with E-state index in [0.717, 1.165) is 35.7 Å². The lowest BCUT2D eigenvalue weighted by Crippen LogP contribution is -2.48. The van der Waals surface area contributed by atoms with Gasteiger partial charge in [0.05, 0.1) is 17.0 Å². The second-order valence-electron chi connectivity index (χ2n) is 10.7. The van der Waals surface area contributed by atoms with Gasteiger partial charge in [0.25, 0.3) is 5.91 Å². The second-order valence-corrected chi connectivity index (χ2v) is 11.7. The molecule has 0 unspecified atom stereocenters. The molecule has 5 aromatic rings. The molecule has 3 aromatic carbocycles. The number of oxazole rings is 1. The largest absolute Gasteiger partial charge is 0.454 e. The maximum atomic E-state index is 13.5. The van der Waals surface area contributed by atoms with Crippen LogP contribution in [0.1, 0.15) is 27.5 Å². The summed E-state index contributed by atoms with van der Waals surface area (Å²) in [6, 6.07) is 20.0. The van der Waals surface area contributed by atoms with Crippen LogP contribution in [0.5, 0.6) is 11.5 Å². The number of nitrogens with zero attached hydrogens (tertiary/aromatic N) is 6. The summed E-state index contributed by atoms with van der Waals surface area (Å²) in [5.41, 5.74) is 1.49. The van der Waals surface area contributed by atoms with Gasteiger partial charge in [0.1, 0.15) is 6.26 Å². The highest BCUT2D eigenvalue weighted by molar-refractivity contribution is 7.98. The van der Waals surface area contributed by atoms with E-state index in [0.29, 0.717) is 42.7 Å². The number of hydrogen-bond donors (Lipinski definition) is 0. The van der Waals surface area contributed by atoms with Crippen molar-refractivity contribution in [2.75, 3.05) is 33.0 Å². The normalized spacial score (nSPS) is 15.0. The van der Waals surface area contributed by atoms with E-state index in [9.17, 15) is 18.0 Å². The molecule has 1 saturated heterocycles. The predicted octanol–water partition coefficient (Wildman–Crippen LogP) is 5.92. The summed E-state index contributed by atoms with van der Waals surface area (Å²) in [6.07, 6.45) is -3.17. The van der Waals surface area contributed by atoms with Gasteiger partial charge in [0.2, 0.25) is 12.7 Å². The highest BCUT2D eigenvalue weighted by atomic mass is 32.2. The molecule has 46 heavy (non-hydrogen) atoms. The van der Waals surface area contributed by atoms with Crippen molar-refractivity contribution in [1.29, 1.82) is 0 Å². The Kier molecular flexibility index (Phi) is 8.13. The van der Waals surface area contributed by atoms with Crippen LogP contribution in [0.15, 0.2) is 88.6 Å². The Hall–Kier alpha value is -4.82. The highest BCUT2D eigenvalue weighted by Gasteiger charge is 2.31. The third-order valence-electron chi connectivity index (χ3n) is 7.70. The van der Waals surface area contributed by atoms with Gasteiger partial charge in [0.15, 0.2) is 28.2 Å². The molecule has 1 amide bonds. The summed E-state index contributed by atoms with van der Waals surface area (Å²) in [4.78, 5) is 21.7. The van der Waals surface area contributed by atoms with Crippen LogP contribution >= 0.6 is 11.8 Å². The summed E-state index contributed by atoms with van der Waals surface area (Å²) in [7, 11) is 0. The molecule has 0 bridgehead atoms. The van der Waals surface area contributed by atoms with E-state index in [1.165, 1.54) is 24.1 Å². The number of aromatic nitrogens is 4. The lowest BCUT2D eigenvalue weighted by atomic mass is 10.1. The monoisotopic (exact) mass is 648 g/mol. The molecule has 0 spiro atoms. The summed E-state index contributed by atoms with van der Waals surface area (Å²) in [6.45, 7) is 3.47. The molecule has 2 aliphatic rings. The van der Waals surface area contributed by atoms with Gasteiger partial charge in [-0.2, -0.15) is 13.2 Å². The first-order chi connectivity index (χ1) is 22.3. The standard InChI is InChI=1S/C32H27F3N6O4S/c33-32(34,35)23-7-4-8-24(16-23)41-29(22-5-2-1-3-6-22)37-38-31(41)46-19-28-36-25(18-43-28)30(42)40-13-11-39(12-14-40)17-21-9-10-26-27(15-21)45-20-44-26/h1-10,15-16,18H,11-14,17,19-20H2. The van der Waals surface area contributed by atoms with E-state index >= 15 is 0 Å². The molecule has 0 saturated carbocycles. The topological polar surface area (TPSA) is 98.8 Å². The Morgan fingerprint density at radius 3 is 2.50 bits per heavy atom. The fourth-order valence-corrected chi connectivity index (χ4v) is 6.17. The minimum Gasteiger partial charge on any atom is -0.454 e. The molecule has 0 radical (unpaired) electrons. The summed E-state index contributed by atoms with van der Waals surface area (Å²) in [5, 5.41) is 8.92. The number of rotatable bonds is 8. The SMILES string of the molecule is O=C(c1coc(CSc2nnc(-c3ccccc3)n2-c2cccc(C(F)(F)F)c2)n1)N1CCN(Cc2ccc3c(c2)OCO3)CC1. The number of thioether (sulfide) groups is 1. The average Bonchev–Trinajstić information content (AvgIpc) is 3.84. The van der Waals surface area contributed by atoms with Crippen molar-refractivity contribution in [2.24, 2.45) is 0 Å². The molecule has 14 heteroatoms. The number of carbonyl (C=O) groups is 1. The van der Waals surface area contributed by atoms with Crippen LogP contribution in [-0.4, -0.2) is 68.4 Å². The van der Waals surface area contributed by atoms with E-state index in [2.05, 4.69) is 20.1 Å². The number of benzene rings is 3. The summed E-state index contributed by atoms with van der Waals surface area (Å²) < 4.78 is 58.7. The van der Waals surface area contributed by atoms with E-state index in [1.807, 2.05) is 48.5 Å². The highest BCUT2D eigenvalue weighted by Crippen LogP contribution is 2.35. The van der Waals surface area contributed by atoms with Gasteiger partial charge in [-0.1, -0.05) is 54.2 Å². The molecule has 2 aliphatic heterocycles. The zero-order valence-electron chi connectivity index (χ0n) is 24.3. The van der Waals surface area contributed by atoms with Crippen molar-refractivity contribution in [3.63, 3.8) is 0 Å². The Labute approximate surface area is 265 Å². The Balaban J connectivity index is 1.01. The van der Waals surface area contributed by atoms with E-state index < -0.39 is 11.7 Å². The molecular weight excluding hydrogens is 621 g/mol. The van der Waals surface area contributed by atoms with Gasteiger partial charge < -0.3 is 18.8 Å². The first kappa shape index (κ1) is 29.9. The Bertz CT molecular complexity index is 1850. The minimum absolute atomic E-state index is 0.183. The second kappa shape index (κ2) is 12.5. The number of ether oxygens (including phenoxy) is 2. The molecular formula is C32H27F3N6O4S. The molecule has 10 nitrogen and oxygen atoms in total. The first-order valence-corrected chi connectivity index (χ1v) is 15.5. The molecule has 0 aliphatic carbocycles. The van der Waals surface area contributed by atoms with Crippen molar-refractivity contribution in [2.45, 2.75) is 23.6 Å². The van der Waals surface area contributed by atoms with Crippen molar-refractivity contribution < 1.29 is 31.9 Å². The van der Waals surface area contributed by atoms with Gasteiger partial charge in [-0.3, -0.25) is 14.3 Å². The Morgan fingerprint density at radius 1 is 0.891 bits per heavy atom. The third-order valence-corrected chi connectivity index (χ3v) is 8.61. The van der Waals surface area contributed by atoms with Crippen LogP contribution in [-0.2, 0) is 18.5 Å². The van der Waals surface area contributed by atoms with Gasteiger partial charge in [-0.25, -0.2) is 4.98 Å². The van der Waals surface area contributed by atoms with Crippen molar-refractivity contribution in [3.05, 3.63) is 102 Å². The van der Waals surface area contributed by atoms with Gasteiger partial charge in [-0.05, 0) is 35.9 Å². The number of piperazine rings is 1. The summed E-state index contributed by atoms with van der Waals surface area (Å²) >= 11 is 1.20. The number of carbonyl (C=O) groups excluding carboxylic acids is 1. The van der Waals surface area contributed by atoms with Crippen LogP contribution in [0.4, 0.5) is 13.2 Å². The number of alkyl halides is 3. The fourth-order valence-electron chi connectivity index (χ4n) is 5.36. The molecule has 2 aromatic heterocycles. The molecule has 7 rings (SSSR count). The maximum Gasteiger partial charge on any atom is 0.416 e. The minimum atomic E-state index is -4.51. The van der Waals surface area contributed by atoms with Crippen molar-refractivity contribution in [1.82, 2.24) is 29.5 Å². The van der Waals surface area contributed by atoms with Crippen molar-refractivity contribution in [3.8, 4) is 28.6 Å². The average molecular weight is 649 g/mol. The van der Waals surface area contributed by atoms with Crippen LogP contribution in [0.25, 0.3) is 17.1 Å². The van der Waals surface area contributed by atoms with E-state index in [-0.39, 0.29) is 35.7 Å². The fraction of sp³-hybridized carbons (Fsp3) is 0.250. The zero-order chi connectivity index (χ0) is 31.7. The first-order valence-electron chi connectivity index (χ1n) is 14.5. The molecule has 0 atom stereocenters. The third kappa shape index (κ3) is 6.30. The maximum absolute atomic E-state index is 13.5. The molecule has 4 heterocycles.